The predicted octanol–water partition coefficient (Wildman–Crippen LogP) is 3.68. The van der Waals surface area contributed by atoms with Crippen molar-refractivity contribution in [1.29, 1.82) is 0 Å². The van der Waals surface area contributed by atoms with Crippen molar-refractivity contribution in [1.82, 2.24) is 5.43 Å². The number of rotatable bonds is 7. The van der Waals surface area contributed by atoms with E-state index >= 15 is 0 Å². The number of halogens is 1. The van der Waals surface area contributed by atoms with Crippen LogP contribution in [-0.4, -0.2) is 31.2 Å². The molecule has 0 radical (unpaired) electrons. The molecule has 0 spiro atoms. The fourth-order valence-electron chi connectivity index (χ4n) is 2.23. The van der Waals surface area contributed by atoms with E-state index in [4.69, 9.17) is 4.74 Å². The maximum absolute atomic E-state index is 12.3. The zero-order chi connectivity index (χ0) is 19.8. The normalized spacial score (nSPS) is 11.0. The van der Waals surface area contributed by atoms with Crippen molar-refractivity contribution >= 4 is 39.1 Å². The fourth-order valence-corrected chi connectivity index (χ4v) is 2.84. The molecule has 0 unspecified atom stereocenters. The standard InChI is InChI=1S/C20H22BrN3O3/c1-14-9-10-18(17(21)11-14)27-13-19(25)23-22-15(2)12-20(26)24(3)16-7-5-4-6-8-16/h4-11H,12-13H2,1-3H3,(H,23,25)/b22-15+. The first kappa shape index (κ1) is 20.6. The van der Waals surface area contributed by atoms with Gasteiger partial charge in [0.15, 0.2) is 6.61 Å². The minimum atomic E-state index is -0.398. The summed E-state index contributed by atoms with van der Waals surface area (Å²) in [5, 5.41) is 3.97. The third-order valence-electron chi connectivity index (χ3n) is 3.74. The lowest BCUT2D eigenvalue weighted by Crippen LogP contribution is -2.29. The summed E-state index contributed by atoms with van der Waals surface area (Å²) in [4.78, 5) is 25.7. The Labute approximate surface area is 167 Å². The molecule has 27 heavy (non-hydrogen) atoms. The van der Waals surface area contributed by atoms with E-state index in [0.29, 0.717) is 11.5 Å². The van der Waals surface area contributed by atoms with Gasteiger partial charge < -0.3 is 9.64 Å². The summed E-state index contributed by atoms with van der Waals surface area (Å²) in [6, 6.07) is 14.9. The Bertz CT molecular complexity index is 838. The molecule has 0 heterocycles. The molecule has 0 aromatic heterocycles. The SMILES string of the molecule is C/C(CC(=O)N(C)c1ccccc1)=N\NC(=O)COc1ccc(C)cc1Br. The number of hydrazone groups is 1. The van der Waals surface area contributed by atoms with Gasteiger partial charge in [0.2, 0.25) is 5.91 Å². The highest BCUT2D eigenvalue weighted by Gasteiger charge is 2.12. The number of para-hydroxylation sites is 1. The van der Waals surface area contributed by atoms with Crippen LogP contribution in [0.5, 0.6) is 5.75 Å². The average molecular weight is 432 g/mol. The van der Waals surface area contributed by atoms with E-state index < -0.39 is 5.91 Å². The lowest BCUT2D eigenvalue weighted by atomic mass is 10.2. The molecular formula is C20H22BrN3O3. The quantitative estimate of drug-likeness (QED) is 0.536. The second kappa shape index (κ2) is 9.87. The second-order valence-corrected chi connectivity index (χ2v) is 6.92. The number of hydrogen-bond donors (Lipinski definition) is 1. The first-order valence-corrected chi connectivity index (χ1v) is 9.18. The van der Waals surface area contributed by atoms with E-state index in [9.17, 15) is 9.59 Å². The molecule has 142 valence electrons. The van der Waals surface area contributed by atoms with Crippen LogP contribution < -0.4 is 15.1 Å². The second-order valence-electron chi connectivity index (χ2n) is 6.07. The summed E-state index contributed by atoms with van der Waals surface area (Å²) in [5.74, 6) is 0.0679. The summed E-state index contributed by atoms with van der Waals surface area (Å²) in [5.41, 5.74) is 4.80. The van der Waals surface area contributed by atoms with E-state index in [2.05, 4.69) is 26.5 Å². The highest BCUT2D eigenvalue weighted by atomic mass is 79.9. The van der Waals surface area contributed by atoms with E-state index in [1.807, 2.05) is 49.4 Å². The van der Waals surface area contributed by atoms with Gasteiger partial charge in [0.1, 0.15) is 5.75 Å². The van der Waals surface area contributed by atoms with E-state index in [0.717, 1.165) is 15.7 Å². The molecule has 7 heteroatoms. The molecule has 0 fully saturated rings. The molecule has 0 aliphatic carbocycles. The zero-order valence-corrected chi connectivity index (χ0v) is 17.1. The largest absolute Gasteiger partial charge is 0.483 e. The number of nitrogens with zero attached hydrogens (tertiary/aromatic N) is 2. The third-order valence-corrected chi connectivity index (χ3v) is 4.36. The van der Waals surface area contributed by atoms with Gasteiger partial charge in [-0.15, -0.1) is 0 Å². The van der Waals surface area contributed by atoms with Gasteiger partial charge in [0, 0.05) is 18.4 Å². The van der Waals surface area contributed by atoms with Gasteiger partial charge in [-0.1, -0.05) is 24.3 Å². The minimum absolute atomic E-state index is 0.107. The van der Waals surface area contributed by atoms with Gasteiger partial charge >= 0.3 is 0 Å². The van der Waals surface area contributed by atoms with E-state index in [-0.39, 0.29) is 18.9 Å². The van der Waals surface area contributed by atoms with Gasteiger partial charge in [0.05, 0.1) is 10.9 Å². The number of benzene rings is 2. The van der Waals surface area contributed by atoms with Crippen molar-refractivity contribution in [3.05, 3.63) is 58.6 Å². The van der Waals surface area contributed by atoms with Gasteiger partial charge in [0.25, 0.3) is 5.91 Å². The molecule has 2 amide bonds. The number of carbonyl (C=O) groups excluding carboxylic acids is 2. The van der Waals surface area contributed by atoms with E-state index in [1.54, 1.807) is 24.9 Å². The lowest BCUT2D eigenvalue weighted by molar-refractivity contribution is -0.123. The van der Waals surface area contributed by atoms with E-state index in [1.165, 1.54) is 0 Å². The highest BCUT2D eigenvalue weighted by Crippen LogP contribution is 2.25. The number of ether oxygens (including phenoxy) is 1. The van der Waals surface area contributed by atoms with Crippen molar-refractivity contribution < 1.29 is 14.3 Å². The van der Waals surface area contributed by atoms with Crippen LogP contribution in [0.2, 0.25) is 0 Å². The summed E-state index contributed by atoms with van der Waals surface area (Å²) in [6.07, 6.45) is 0.107. The van der Waals surface area contributed by atoms with Gasteiger partial charge in [-0.3, -0.25) is 9.59 Å². The molecular weight excluding hydrogens is 410 g/mol. The van der Waals surface area contributed by atoms with Crippen LogP contribution in [0.1, 0.15) is 18.9 Å². The van der Waals surface area contributed by atoms with Crippen LogP contribution in [0.4, 0.5) is 5.69 Å². The number of anilines is 1. The Hall–Kier alpha value is -2.67. The number of carbonyl (C=O) groups is 2. The number of hydrogen-bond acceptors (Lipinski definition) is 4. The molecule has 1 N–H and O–H groups in total. The van der Waals surface area contributed by atoms with Crippen LogP contribution in [0, 0.1) is 6.92 Å². The summed E-state index contributed by atoms with van der Waals surface area (Å²) >= 11 is 3.39. The Morgan fingerprint density at radius 1 is 1.19 bits per heavy atom. The fraction of sp³-hybridized carbons (Fsp3) is 0.250. The minimum Gasteiger partial charge on any atom is -0.483 e. The van der Waals surface area contributed by atoms with Crippen molar-refractivity contribution in [3.63, 3.8) is 0 Å². The van der Waals surface area contributed by atoms with Crippen molar-refractivity contribution in [2.24, 2.45) is 5.10 Å². The van der Waals surface area contributed by atoms with Crippen LogP contribution in [0.25, 0.3) is 0 Å². The number of nitrogens with one attached hydrogen (secondary N) is 1. The van der Waals surface area contributed by atoms with Crippen LogP contribution >= 0.6 is 15.9 Å². The first-order chi connectivity index (χ1) is 12.9. The van der Waals surface area contributed by atoms with Crippen LogP contribution in [0.3, 0.4) is 0 Å². The first-order valence-electron chi connectivity index (χ1n) is 8.39. The third kappa shape index (κ3) is 6.53. The Morgan fingerprint density at radius 3 is 2.56 bits per heavy atom. The summed E-state index contributed by atoms with van der Waals surface area (Å²) < 4.78 is 6.24. The van der Waals surface area contributed by atoms with Crippen molar-refractivity contribution in [2.45, 2.75) is 20.3 Å². The van der Waals surface area contributed by atoms with Crippen LogP contribution in [-0.2, 0) is 9.59 Å². The van der Waals surface area contributed by atoms with Gasteiger partial charge in [-0.2, -0.15) is 5.10 Å². The molecule has 2 aromatic carbocycles. The number of aryl methyl sites for hydroxylation is 1. The predicted molar refractivity (Wildman–Crippen MR) is 110 cm³/mol. The molecule has 0 atom stereocenters. The molecule has 2 aromatic rings. The van der Waals surface area contributed by atoms with Crippen molar-refractivity contribution in [3.8, 4) is 5.75 Å². The maximum Gasteiger partial charge on any atom is 0.277 e. The van der Waals surface area contributed by atoms with Gasteiger partial charge in [-0.25, -0.2) is 5.43 Å². The highest BCUT2D eigenvalue weighted by molar-refractivity contribution is 9.10. The smallest absolute Gasteiger partial charge is 0.277 e. The lowest BCUT2D eigenvalue weighted by Gasteiger charge is -2.17. The Morgan fingerprint density at radius 2 is 1.89 bits per heavy atom. The average Bonchev–Trinajstić information content (AvgIpc) is 2.65. The molecule has 0 aliphatic rings. The topological polar surface area (TPSA) is 71.0 Å². The Balaban J connectivity index is 1.82. The molecule has 0 saturated carbocycles. The molecule has 0 bridgehead atoms. The molecule has 6 nitrogen and oxygen atoms in total. The zero-order valence-electron chi connectivity index (χ0n) is 15.5. The number of amides is 2. The maximum atomic E-state index is 12.3. The monoisotopic (exact) mass is 431 g/mol. The summed E-state index contributed by atoms with van der Waals surface area (Å²) in [6.45, 7) is 3.49. The molecule has 0 aliphatic heterocycles. The Kier molecular flexibility index (Phi) is 7.55. The molecule has 2 rings (SSSR count). The molecule has 0 saturated heterocycles. The van der Waals surface area contributed by atoms with Crippen LogP contribution in [0.15, 0.2) is 58.1 Å². The van der Waals surface area contributed by atoms with Crippen molar-refractivity contribution in [2.75, 3.05) is 18.6 Å². The summed E-state index contributed by atoms with van der Waals surface area (Å²) in [7, 11) is 1.71. The van der Waals surface area contributed by atoms with Gasteiger partial charge in [-0.05, 0) is 59.6 Å².